The van der Waals surface area contributed by atoms with Gasteiger partial charge in [-0.3, -0.25) is 0 Å². The summed E-state index contributed by atoms with van der Waals surface area (Å²) in [7, 11) is 0. The molecule has 2 saturated carbocycles. The minimum Gasteiger partial charge on any atom is -0.487 e. The first-order chi connectivity index (χ1) is 13.6. The van der Waals surface area contributed by atoms with Crippen molar-refractivity contribution in [2.75, 3.05) is 0 Å². The van der Waals surface area contributed by atoms with Crippen LogP contribution in [0.5, 0.6) is 5.75 Å². The first-order valence-electron chi connectivity index (χ1n) is 10.5. The first kappa shape index (κ1) is 17.6. The molecule has 3 aliphatic rings. The molecule has 1 aromatic carbocycles. The monoisotopic (exact) mass is 381 g/mol. The van der Waals surface area contributed by atoms with Gasteiger partial charge in [-0.2, -0.15) is 0 Å². The number of nitrogens with one attached hydrogen (secondary N) is 2. The van der Waals surface area contributed by atoms with Crippen molar-refractivity contribution >= 4 is 17.0 Å². The molecule has 2 amide bonds. The number of urea groups is 1. The molecule has 0 radical (unpaired) electrons. The van der Waals surface area contributed by atoms with Gasteiger partial charge in [-0.05, 0) is 75.5 Å². The predicted octanol–water partition coefficient (Wildman–Crippen LogP) is 4.05. The molecule has 2 N–H and O–H groups in total. The molecule has 1 aromatic heterocycles. The summed E-state index contributed by atoms with van der Waals surface area (Å²) in [4.78, 5) is 11.8. The summed E-state index contributed by atoms with van der Waals surface area (Å²) < 4.78 is 12.5. The number of fused-ring (bicyclic) bond motifs is 2. The number of benzene rings is 1. The van der Waals surface area contributed by atoms with Crippen molar-refractivity contribution in [1.29, 1.82) is 0 Å². The number of aryl methyl sites for hydroxylation is 2. The second-order valence-corrected chi connectivity index (χ2v) is 8.54. The highest BCUT2D eigenvalue weighted by atomic mass is 16.5. The molecule has 0 bridgehead atoms. The fourth-order valence-corrected chi connectivity index (χ4v) is 4.50. The number of hydrogen-bond donors (Lipinski definition) is 2. The fraction of sp³-hybridized carbons (Fsp3) is 0.545. The van der Waals surface area contributed by atoms with E-state index in [1.807, 2.05) is 19.1 Å². The Labute approximate surface area is 164 Å². The third-order valence-electron chi connectivity index (χ3n) is 6.26. The van der Waals surface area contributed by atoms with Crippen LogP contribution < -0.4 is 21.0 Å². The van der Waals surface area contributed by atoms with Crippen LogP contribution in [0.4, 0.5) is 4.79 Å². The molecular formula is C22H27N3O3. The average molecular weight is 381 g/mol. The molecule has 2 fully saturated rings. The number of carbonyl (C=O) groups is 1. The highest BCUT2D eigenvalue weighted by Gasteiger charge is 2.37. The lowest BCUT2D eigenvalue weighted by molar-refractivity contribution is 0.0109. The number of amides is 2. The molecule has 0 atom stereocenters. The third-order valence-corrected chi connectivity index (χ3v) is 6.26. The van der Waals surface area contributed by atoms with Gasteiger partial charge in [0.1, 0.15) is 16.9 Å². The van der Waals surface area contributed by atoms with Crippen LogP contribution >= 0.6 is 0 Å². The number of hydrogen-bond acceptors (Lipinski definition) is 4. The molecule has 2 aromatic rings. The van der Waals surface area contributed by atoms with Crippen molar-refractivity contribution in [2.45, 2.75) is 76.4 Å². The highest BCUT2D eigenvalue weighted by molar-refractivity contribution is 5.82. The topological polar surface area (TPSA) is 75.9 Å². The quantitative estimate of drug-likeness (QED) is 0.771. The summed E-state index contributed by atoms with van der Waals surface area (Å²) in [5.74, 6) is 0.945. The molecule has 6 heteroatoms. The molecule has 5 rings (SSSR count). The largest absolute Gasteiger partial charge is 0.487 e. The van der Waals surface area contributed by atoms with Gasteiger partial charge in [0.05, 0.1) is 0 Å². The Balaban J connectivity index is 1.45. The van der Waals surface area contributed by atoms with Gasteiger partial charge in [-0.25, -0.2) is 10.2 Å². The van der Waals surface area contributed by atoms with E-state index in [9.17, 15) is 4.79 Å². The van der Waals surface area contributed by atoms with Crippen LogP contribution in [0.15, 0.2) is 27.7 Å². The summed E-state index contributed by atoms with van der Waals surface area (Å²) in [5.41, 5.74) is 6.00. The standard InChI is InChI=1S/C22H27N3O3/c1-14-11-20(24-25-21(26)23-16-5-6-16)27-19-13-18-15(12-17(14)19)7-10-22(28-18)8-3-2-4-9-22/h11-13,16H,2-10H2,1H3,(H2,23,25,26). The summed E-state index contributed by atoms with van der Waals surface area (Å²) in [6, 6.07) is 6.06. The van der Waals surface area contributed by atoms with E-state index in [0.717, 1.165) is 60.8 Å². The van der Waals surface area contributed by atoms with Crippen molar-refractivity contribution in [3.8, 4) is 5.75 Å². The third kappa shape index (κ3) is 3.48. The van der Waals surface area contributed by atoms with E-state index in [1.54, 1.807) is 0 Å². The molecule has 28 heavy (non-hydrogen) atoms. The zero-order valence-electron chi connectivity index (χ0n) is 16.3. The van der Waals surface area contributed by atoms with Gasteiger partial charge in [-0.15, -0.1) is 5.10 Å². The SMILES string of the molecule is Cc1cc(=NNC(=O)NC2CC2)oc2cc3c(cc12)CCC1(CCCCC1)O3. The smallest absolute Gasteiger partial charge is 0.335 e. The Morgan fingerprint density at radius 3 is 2.75 bits per heavy atom. The molecule has 1 aliphatic heterocycles. The van der Waals surface area contributed by atoms with Crippen molar-refractivity contribution in [1.82, 2.24) is 10.7 Å². The van der Waals surface area contributed by atoms with Gasteiger partial charge in [0.15, 0.2) is 0 Å². The first-order valence-corrected chi connectivity index (χ1v) is 10.5. The Morgan fingerprint density at radius 2 is 1.96 bits per heavy atom. The van der Waals surface area contributed by atoms with Crippen LogP contribution in [0.25, 0.3) is 11.0 Å². The number of rotatable bonds is 2. The number of nitrogens with zero attached hydrogens (tertiary/aromatic N) is 1. The maximum absolute atomic E-state index is 11.8. The van der Waals surface area contributed by atoms with E-state index in [2.05, 4.69) is 21.9 Å². The van der Waals surface area contributed by atoms with Gasteiger partial charge < -0.3 is 14.5 Å². The Morgan fingerprint density at radius 1 is 1.14 bits per heavy atom. The van der Waals surface area contributed by atoms with Crippen LogP contribution in [0.2, 0.25) is 0 Å². The minimum absolute atomic E-state index is 0.0123. The zero-order chi connectivity index (χ0) is 19.1. The molecule has 2 aliphatic carbocycles. The molecule has 148 valence electrons. The van der Waals surface area contributed by atoms with E-state index in [-0.39, 0.29) is 11.6 Å². The maximum atomic E-state index is 11.8. The predicted molar refractivity (Wildman–Crippen MR) is 106 cm³/mol. The molecule has 0 saturated heterocycles. The summed E-state index contributed by atoms with van der Waals surface area (Å²) in [5, 5.41) is 8.04. The molecule has 6 nitrogen and oxygen atoms in total. The lowest BCUT2D eigenvalue weighted by Crippen LogP contribution is -2.41. The van der Waals surface area contributed by atoms with E-state index >= 15 is 0 Å². The van der Waals surface area contributed by atoms with E-state index in [0.29, 0.717) is 11.6 Å². The normalized spacial score (nSPS) is 21.2. The summed E-state index contributed by atoms with van der Waals surface area (Å²) >= 11 is 0. The highest BCUT2D eigenvalue weighted by Crippen LogP contribution is 2.43. The van der Waals surface area contributed by atoms with Crippen LogP contribution in [0, 0.1) is 6.92 Å². The van der Waals surface area contributed by atoms with Crippen LogP contribution in [-0.2, 0) is 6.42 Å². The van der Waals surface area contributed by atoms with Gasteiger partial charge in [-0.1, -0.05) is 6.42 Å². The van der Waals surface area contributed by atoms with Crippen molar-refractivity contribution in [3.05, 3.63) is 34.9 Å². The summed E-state index contributed by atoms with van der Waals surface area (Å²) in [6.07, 6.45) is 10.4. The van der Waals surface area contributed by atoms with E-state index < -0.39 is 0 Å². The van der Waals surface area contributed by atoms with Crippen LogP contribution in [0.1, 0.15) is 62.5 Å². The lowest BCUT2D eigenvalue weighted by atomic mass is 9.79. The Kier molecular flexibility index (Phi) is 4.29. The van der Waals surface area contributed by atoms with Crippen LogP contribution in [0.3, 0.4) is 0 Å². The van der Waals surface area contributed by atoms with E-state index in [4.69, 9.17) is 9.15 Å². The Hall–Kier alpha value is -2.50. The van der Waals surface area contributed by atoms with Gasteiger partial charge in [0, 0.05) is 23.6 Å². The molecule has 2 heterocycles. The number of carbonyl (C=O) groups excluding carboxylic acids is 1. The van der Waals surface area contributed by atoms with Crippen molar-refractivity contribution in [3.63, 3.8) is 0 Å². The second-order valence-electron chi connectivity index (χ2n) is 8.54. The average Bonchev–Trinajstić information content (AvgIpc) is 3.50. The van der Waals surface area contributed by atoms with Crippen molar-refractivity contribution in [2.24, 2.45) is 5.10 Å². The second kappa shape index (κ2) is 6.83. The zero-order valence-corrected chi connectivity index (χ0v) is 16.3. The maximum Gasteiger partial charge on any atom is 0.335 e. The van der Waals surface area contributed by atoms with Gasteiger partial charge in [0.25, 0.3) is 0 Å². The lowest BCUT2D eigenvalue weighted by Gasteiger charge is -2.41. The Bertz CT molecular complexity index is 984. The molecule has 1 spiro atoms. The van der Waals surface area contributed by atoms with Gasteiger partial charge in [0.2, 0.25) is 5.55 Å². The van der Waals surface area contributed by atoms with Crippen LogP contribution in [-0.4, -0.2) is 17.7 Å². The molecule has 0 unspecified atom stereocenters. The van der Waals surface area contributed by atoms with E-state index in [1.165, 1.54) is 24.8 Å². The summed E-state index contributed by atoms with van der Waals surface area (Å²) in [6.45, 7) is 2.04. The van der Waals surface area contributed by atoms with Gasteiger partial charge >= 0.3 is 6.03 Å². The minimum atomic E-state index is -0.288. The fourth-order valence-electron chi connectivity index (χ4n) is 4.50. The van der Waals surface area contributed by atoms with Crippen molar-refractivity contribution < 1.29 is 13.9 Å². The molecular weight excluding hydrogens is 354 g/mol. The number of ether oxygens (including phenoxy) is 1.